The molecule has 4 aromatic rings. The summed E-state index contributed by atoms with van der Waals surface area (Å²) in [7, 11) is 0. The van der Waals surface area contributed by atoms with E-state index < -0.39 is 11.9 Å². The van der Waals surface area contributed by atoms with Crippen LogP contribution in [0.4, 0.5) is 0 Å². The first-order valence-corrected chi connectivity index (χ1v) is 12.5. The van der Waals surface area contributed by atoms with Crippen molar-refractivity contribution in [2.45, 2.75) is 32.4 Å². The Morgan fingerprint density at radius 2 is 2.03 bits per heavy atom. The van der Waals surface area contributed by atoms with Gasteiger partial charge in [0.15, 0.2) is 5.49 Å². The summed E-state index contributed by atoms with van der Waals surface area (Å²) in [6.45, 7) is 2.57. The number of aromatic nitrogens is 3. The minimum absolute atomic E-state index is 0.00430. The quantitative estimate of drug-likeness (QED) is 0.279. The van der Waals surface area contributed by atoms with E-state index in [1.54, 1.807) is 35.9 Å². The van der Waals surface area contributed by atoms with Crippen molar-refractivity contribution in [2.75, 3.05) is 13.2 Å². The predicted octanol–water partition coefficient (Wildman–Crippen LogP) is 4.05. The van der Waals surface area contributed by atoms with Crippen LogP contribution in [0, 0.1) is 0 Å². The number of benzene rings is 1. The number of carbonyl (C=O) groups excluding carboxylic acids is 2. The molecule has 0 bridgehead atoms. The smallest absolute Gasteiger partial charge is 0.341 e. The first-order chi connectivity index (χ1) is 17.9. The lowest BCUT2D eigenvalue weighted by atomic mass is 10.1. The molecule has 1 aliphatic rings. The molecule has 0 aliphatic carbocycles. The first kappa shape index (κ1) is 25.1. The fraction of sp³-hybridized carbons (Fsp3) is 0.269. The molecule has 0 saturated carbocycles. The molecule has 5 rings (SSSR count). The van der Waals surface area contributed by atoms with E-state index in [0.717, 1.165) is 12.8 Å². The van der Waals surface area contributed by atoms with Crippen LogP contribution in [-0.2, 0) is 16.0 Å². The van der Waals surface area contributed by atoms with Gasteiger partial charge in [0.05, 0.1) is 35.2 Å². The fourth-order valence-corrected chi connectivity index (χ4v) is 4.83. The summed E-state index contributed by atoms with van der Waals surface area (Å²) in [6.07, 6.45) is 3.01. The molecule has 0 unspecified atom stereocenters. The molecule has 9 nitrogen and oxygen atoms in total. The van der Waals surface area contributed by atoms with Crippen molar-refractivity contribution in [1.29, 1.82) is 0 Å². The number of nitrogens with zero attached hydrogens (tertiary/aromatic N) is 4. The molecule has 1 aliphatic heterocycles. The summed E-state index contributed by atoms with van der Waals surface area (Å²) in [5, 5.41) is 0.665. The summed E-state index contributed by atoms with van der Waals surface area (Å²) in [4.78, 5) is 48.9. The molecule has 1 fully saturated rings. The van der Waals surface area contributed by atoms with Crippen LogP contribution in [0.5, 0.6) is 0 Å². The summed E-state index contributed by atoms with van der Waals surface area (Å²) in [5.41, 5.74) is 0.378. The van der Waals surface area contributed by atoms with Crippen LogP contribution in [0.3, 0.4) is 0 Å². The third-order valence-corrected chi connectivity index (χ3v) is 6.61. The van der Waals surface area contributed by atoms with Crippen molar-refractivity contribution in [3.05, 3.63) is 85.7 Å². The van der Waals surface area contributed by atoms with E-state index in [0.29, 0.717) is 17.3 Å². The van der Waals surface area contributed by atoms with Crippen LogP contribution >= 0.6 is 23.2 Å². The summed E-state index contributed by atoms with van der Waals surface area (Å²) >= 11 is 12.2. The maximum absolute atomic E-state index is 13.4. The molecule has 1 aromatic carbocycles. The van der Waals surface area contributed by atoms with E-state index in [-0.39, 0.29) is 57.5 Å². The van der Waals surface area contributed by atoms with Gasteiger partial charge in [0.1, 0.15) is 16.9 Å². The lowest BCUT2D eigenvalue weighted by Crippen LogP contribution is -2.35. The number of rotatable bonds is 5. The summed E-state index contributed by atoms with van der Waals surface area (Å²) < 4.78 is 14.1. The SMILES string of the molecule is CCOC(=O)c1cc2c(=O)n3ccccc3nc2n(C[C@@H]2CCCO2)c1=NC(=O)c1ccc(Cl)cc1Cl. The van der Waals surface area contributed by atoms with Crippen molar-refractivity contribution >= 4 is 51.8 Å². The number of ether oxygens (including phenoxy) is 2. The van der Waals surface area contributed by atoms with Gasteiger partial charge in [-0.25, -0.2) is 9.78 Å². The number of pyridine rings is 2. The topological polar surface area (TPSA) is 104 Å². The highest BCUT2D eigenvalue weighted by atomic mass is 35.5. The van der Waals surface area contributed by atoms with Gasteiger partial charge >= 0.3 is 5.97 Å². The number of halogens is 2. The van der Waals surface area contributed by atoms with Crippen molar-refractivity contribution in [2.24, 2.45) is 4.99 Å². The summed E-state index contributed by atoms with van der Waals surface area (Å²) in [5.74, 6) is -1.41. The first-order valence-electron chi connectivity index (χ1n) is 11.7. The number of fused-ring (bicyclic) bond motifs is 2. The fourth-order valence-electron chi connectivity index (χ4n) is 4.34. The van der Waals surface area contributed by atoms with Gasteiger partial charge in [0, 0.05) is 17.8 Å². The second-order valence-electron chi connectivity index (χ2n) is 8.47. The zero-order valence-corrected chi connectivity index (χ0v) is 21.3. The molecule has 4 heterocycles. The van der Waals surface area contributed by atoms with Gasteiger partial charge in [-0.05, 0) is 56.2 Å². The van der Waals surface area contributed by atoms with E-state index >= 15 is 0 Å². The lowest BCUT2D eigenvalue weighted by molar-refractivity contribution is 0.0521. The van der Waals surface area contributed by atoms with Crippen LogP contribution in [0.25, 0.3) is 16.7 Å². The van der Waals surface area contributed by atoms with Gasteiger partial charge in [0.25, 0.3) is 11.5 Å². The Labute approximate surface area is 220 Å². The monoisotopic (exact) mass is 540 g/mol. The summed E-state index contributed by atoms with van der Waals surface area (Å²) in [6, 6.07) is 11.0. The Balaban J connectivity index is 1.86. The molecule has 190 valence electrons. The molecule has 1 atom stereocenters. The van der Waals surface area contributed by atoms with Crippen molar-refractivity contribution in [3.8, 4) is 0 Å². The van der Waals surface area contributed by atoms with Crippen LogP contribution < -0.4 is 11.0 Å². The second kappa shape index (κ2) is 10.5. The molecule has 3 aromatic heterocycles. The standard InChI is InChI=1S/C26H22Cl2N4O5/c1-2-36-26(35)19-13-18-22(29-21-7-3-4-10-31(21)25(18)34)32(14-16-6-5-11-37-16)23(19)30-24(33)17-9-8-15(27)12-20(17)28/h3-4,7-10,12-13,16H,2,5-6,11,14H2,1H3/t16-/m0/s1. The minimum atomic E-state index is -0.725. The lowest BCUT2D eigenvalue weighted by Gasteiger charge is -2.18. The van der Waals surface area contributed by atoms with Crippen molar-refractivity contribution < 1.29 is 19.1 Å². The highest BCUT2D eigenvalue weighted by Crippen LogP contribution is 2.22. The number of amides is 1. The predicted molar refractivity (Wildman–Crippen MR) is 138 cm³/mol. The molecule has 0 N–H and O–H groups in total. The van der Waals surface area contributed by atoms with Gasteiger partial charge in [-0.2, -0.15) is 4.99 Å². The maximum atomic E-state index is 13.4. The molecule has 37 heavy (non-hydrogen) atoms. The van der Waals surface area contributed by atoms with Crippen LogP contribution in [0.15, 0.2) is 58.4 Å². The highest BCUT2D eigenvalue weighted by Gasteiger charge is 2.24. The van der Waals surface area contributed by atoms with Crippen LogP contribution in [-0.4, -0.2) is 45.1 Å². The average molecular weight is 541 g/mol. The highest BCUT2D eigenvalue weighted by molar-refractivity contribution is 6.36. The van der Waals surface area contributed by atoms with E-state index in [9.17, 15) is 14.4 Å². The van der Waals surface area contributed by atoms with Gasteiger partial charge in [0.2, 0.25) is 0 Å². The maximum Gasteiger partial charge on any atom is 0.341 e. The largest absolute Gasteiger partial charge is 0.462 e. The minimum Gasteiger partial charge on any atom is -0.462 e. The normalized spacial score (nSPS) is 16.0. The molecule has 11 heteroatoms. The zero-order valence-electron chi connectivity index (χ0n) is 19.8. The van der Waals surface area contributed by atoms with Gasteiger partial charge in [-0.15, -0.1) is 0 Å². The Kier molecular flexibility index (Phi) is 7.10. The molecular formula is C26H22Cl2N4O5. The molecule has 0 radical (unpaired) electrons. The van der Waals surface area contributed by atoms with Crippen molar-refractivity contribution in [3.63, 3.8) is 0 Å². The third kappa shape index (κ3) is 4.90. The van der Waals surface area contributed by atoms with E-state index in [1.807, 2.05) is 0 Å². The average Bonchev–Trinajstić information content (AvgIpc) is 3.39. The Morgan fingerprint density at radius 1 is 1.19 bits per heavy atom. The van der Waals surface area contributed by atoms with Gasteiger partial charge < -0.3 is 14.0 Å². The number of hydrogen-bond acceptors (Lipinski definition) is 6. The molecular weight excluding hydrogens is 519 g/mol. The number of esters is 1. The van der Waals surface area contributed by atoms with E-state index in [2.05, 4.69) is 4.99 Å². The van der Waals surface area contributed by atoms with Crippen LogP contribution in [0.2, 0.25) is 10.0 Å². The van der Waals surface area contributed by atoms with E-state index in [1.165, 1.54) is 28.7 Å². The van der Waals surface area contributed by atoms with Crippen molar-refractivity contribution in [1.82, 2.24) is 14.0 Å². The number of hydrogen-bond donors (Lipinski definition) is 0. The number of carbonyl (C=O) groups is 2. The Hall–Kier alpha value is -3.53. The van der Waals surface area contributed by atoms with Gasteiger partial charge in [-0.3, -0.25) is 14.0 Å². The zero-order chi connectivity index (χ0) is 26.1. The molecule has 1 amide bonds. The Bertz CT molecular complexity index is 1670. The van der Waals surface area contributed by atoms with E-state index in [4.69, 9.17) is 37.7 Å². The second-order valence-corrected chi connectivity index (χ2v) is 9.32. The van der Waals surface area contributed by atoms with Crippen LogP contribution in [0.1, 0.15) is 40.5 Å². The Morgan fingerprint density at radius 3 is 2.76 bits per heavy atom. The molecule has 1 saturated heterocycles. The molecule has 0 spiro atoms. The van der Waals surface area contributed by atoms with Gasteiger partial charge in [-0.1, -0.05) is 29.3 Å². The third-order valence-electron chi connectivity index (χ3n) is 6.06.